The summed E-state index contributed by atoms with van der Waals surface area (Å²) in [6.07, 6.45) is 0. The summed E-state index contributed by atoms with van der Waals surface area (Å²) in [5.74, 6) is 1.03. The Labute approximate surface area is 207 Å². The lowest BCUT2D eigenvalue weighted by atomic mass is 9.98. The van der Waals surface area contributed by atoms with Gasteiger partial charge in [0.05, 0.1) is 11.6 Å². The highest BCUT2D eigenvalue weighted by molar-refractivity contribution is 5.79. The molecule has 4 rings (SSSR count). The van der Waals surface area contributed by atoms with E-state index >= 15 is 0 Å². The van der Waals surface area contributed by atoms with Crippen molar-refractivity contribution in [1.29, 1.82) is 0 Å². The third-order valence-corrected chi connectivity index (χ3v) is 6.38. The topological polar surface area (TPSA) is 79.7 Å². The van der Waals surface area contributed by atoms with Crippen molar-refractivity contribution < 1.29 is 0 Å². The summed E-state index contributed by atoms with van der Waals surface area (Å²) < 4.78 is 1.91. The number of rotatable bonds is 7. The molecule has 1 atom stereocenters. The van der Waals surface area contributed by atoms with Gasteiger partial charge in [-0.3, -0.25) is 9.69 Å². The van der Waals surface area contributed by atoms with Crippen molar-refractivity contribution in [2.24, 2.45) is 5.92 Å². The number of aryl methyl sites for hydroxylation is 2. The van der Waals surface area contributed by atoms with Gasteiger partial charge in [0, 0.05) is 24.2 Å². The number of aromatic nitrogens is 5. The average molecular weight is 473 g/mol. The zero-order chi connectivity index (χ0) is 25.3. The van der Waals surface area contributed by atoms with Crippen molar-refractivity contribution in [3.63, 3.8) is 0 Å². The van der Waals surface area contributed by atoms with Crippen molar-refractivity contribution >= 4 is 10.9 Å². The summed E-state index contributed by atoms with van der Waals surface area (Å²) in [6, 6.07) is 16.6. The van der Waals surface area contributed by atoms with Crippen LogP contribution in [0.1, 0.15) is 68.7 Å². The van der Waals surface area contributed by atoms with Crippen LogP contribution in [0.25, 0.3) is 10.9 Å². The fourth-order valence-corrected chi connectivity index (χ4v) is 4.62. The fraction of sp³-hybridized carbons (Fsp3) is 0.429. The Morgan fingerprint density at radius 3 is 2.31 bits per heavy atom. The molecule has 184 valence electrons. The summed E-state index contributed by atoms with van der Waals surface area (Å²) in [5, 5.41) is 13.9. The zero-order valence-electron chi connectivity index (χ0n) is 21.8. The van der Waals surface area contributed by atoms with E-state index < -0.39 is 0 Å². The molecule has 35 heavy (non-hydrogen) atoms. The monoisotopic (exact) mass is 472 g/mol. The smallest absolute Gasteiger partial charge is 0.252 e. The molecule has 0 aliphatic rings. The van der Waals surface area contributed by atoms with Crippen LogP contribution in [0.4, 0.5) is 0 Å². The summed E-state index contributed by atoms with van der Waals surface area (Å²) >= 11 is 0. The van der Waals surface area contributed by atoms with E-state index in [4.69, 9.17) is 0 Å². The minimum Gasteiger partial charge on any atom is -0.322 e. The summed E-state index contributed by atoms with van der Waals surface area (Å²) in [6.45, 7) is 15.9. The number of H-pyrrole nitrogens is 1. The van der Waals surface area contributed by atoms with Gasteiger partial charge in [0.15, 0.2) is 5.82 Å². The molecule has 1 N–H and O–H groups in total. The molecule has 0 bridgehead atoms. The number of nitrogens with zero attached hydrogens (tertiary/aromatic N) is 5. The predicted molar refractivity (Wildman–Crippen MR) is 140 cm³/mol. The number of aromatic amines is 1. The molecular weight excluding hydrogens is 436 g/mol. The van der Waals surface area contributed by atoms with Crippen LogP contribution in [-0.2, 0) is 18.6 Å². The molecule has 7 nitrogen and oxygen atoms in total. The van der Waals surface area contributed by atoms with Gasteiger partial charge in [-0.1, -0.05) is 55.8 Å². The second kappa shape index (κ2) is 9.74. The van der Waals surface area contributed by atoms with Crippen LogP contribution < -0.4 is 5.56 Å². The maximum atomic E-state index is 13.2. The maximum absolute atomic E-state index is 13.2. The van der Waals surface area contributed by atoms with Gasteiger partial charge in [-0.2, -0.15) is 0 Å². The molecule has 0 saturated heterocycles. The number of nitrogens with one attached hydrogen (secondary N) is 1. The lowest BCUT2D eigenvalue weighted by molar-refractivity contribution is 0.119. The molecule has 2 aromatic heterocycles. The van der Waals surface area contributed by atoms with Gasteiger partial charge >= 0.3 is 0 Å². The Bertz CT molecular complexity index is 1360. The first kappa shape index (κ1) is 24.8. The molecule has 7 heteroatoms. The summed E-state index contributed by atoms with van der Waals surface area (Å²) in [7, 11) is 0. The van der Waals surface area contributed by atoms with E-state index in [9.17, 15) is 4.79 Å². The van der Waals surface area contributed by atoms with Gasteiger partial charge in [-0.15, -0.1) is 5.10 Å². The van der Waals surface area contributed by atoms with Crippen molar-refractivity contribution in [3.8, 4) is 0 Å². The van der Waals surface area contributed by atoms with Gasteiger partial charge < -0.3 is 4.98 Å². The summed E-state index contributed by atoms with van der Waals surface area (Å²) in [4.78, 5) is 18.6. The molecular formula is C28H36N6O. The van der Waals surface area contributed by atoms with Crippen molar-refractivity contribution in [1.82, 2.24) is 30.1 Å². The highest BCUT2D eigenvalue weighted by Crippen LogP contribution is 2.32. The molecule has 0 amide bonds. The number of hydrogen-bond donors (Lipinski definition) is 1. The van der Waals surface area contributed by atoms with Crippen LogP contribution in [0.15, 0.2) is 53.3 Å². The first-order chi connectivity index (χ1) is 16.5. The second-order valence-corrected chi connectivity index (χ2v) is 10.9. The molecule has 4 aromatic rings. The van der Waals surface area contributed by atoms with E-state index in [0.29, 0.717) is 13.1 Å². The number of fused-ring (bicyclic) bond motifs is 1. The molecule has 0 unspecified atom stereocenters. The molecule has 0 aliphatic heterocycles. The van der Waals surface area contributed by atoms with Crippen LogP contribution in [0.3, 0.4) is 0 Å². The summed E-state index contributed by atoms with van der Waals surface area (Å²) in [5.41, 5.74) is 4.79. The van der Waals surface area contributed by atoms with E-state index in [1.54, 1.807) is 0 Å². The highest BCUT2D eigenvalue weighted by atomic mass is 16.1. The lowest BCUT2D eigenvalue weighted by Crippen LogP contribution is -2.37. The SMILES string of the molecule is Cc1ccc(CN(Cc2cc3ccc(C)cc3[nH]c2=O)[C@@H](c2nnnn2C(C)(C)C)C(C)C)cc1. The Morgan fingerprint density at radius 2 is 1.66 bits per heavy atom. The average Bonchev–Trinajstić information content (AvgIpc) is 3.25. The van der Waals surface area contributed by atoms with Crippen molar-refractivity contribution in [2.75, 3.05) is 0 Å². The van der Waals surface area contributed by atoms with Gasteiger partial charge in [0.1, 0.15) is 0 Å². The molecule has 0 saturated carbocycles. The van der Waals surface area contributed by atoms with Crippen LogP contribution in [0.2, 0.25) is 0 Å². The van der Waals surface area contributed by atoms with Gasteiger partial charge in [0.2, 0.25) is 0 Å². The van der Waals surface area contributed by atoms with Crippen LogP contribution in [0.5, 0.6) is 0 Å². The number of hydrogen-bond acceptors (Lipinski definition) is 5. The normalized spacial score (nSPS) is 13.2. The van der Waals surface area contributed by atoms with E-state index in [1.165, 1.54) is 11.1 Å². The van der Waals surface area contributed by atoms with E-state index in [0.717, 1.165) is 27.9 Å². The van der Waals surface area contributed by atoms with Gasteiger partial charge in [-0.05, 0) is 79.6 Å². The third-order valence-electron chi connectivity index (χ3n) is 6.38. The van der Waals surface area contributed by atoms with E-state index in [-0.39, 0.29) is 23.1 Å². The van der Waals surface area contributed by atoms with Crippen LogP contribution in [0, 0.1) is 19.8 Å². The molecule has 0 radical (unpaired) electrons. The van der Waals surface area contributed by atoms with Crippen LogP contribution in [-0.4, -0.2) is 30.1 Å². The second-order valence-electron chi connectivity index (χ2n) is 10.9. The van der Waals surface area contributed by atoms with Crippen molar-refractivity contribution in [3.05, 3.63) is 87.0 Å². The molecule has 0 aliphatic carbocycles. The maximum Gasteiger partial charge on any atom is 0.252 e. The molecule has 2 heterocycles. The first-order valence-electron chi connectivity index (χ1n) is 12.2. The Kier molecular flexibility index (Phi) is 6.90. The Balaban J connectivity index is 1.80. The van der Waals surface area contributed by atoms with Gasteiger partial charge in [-0.25, -0.2) is 4.68 Å². The van der Waals surface area contributed by atoms with E-state index in [1.807, 2.05) is 23.7 Å². The number of tetrazole rings is 1. The van der Waals surface area contributed by atoms with Crippen molar-refractivity contribution in [2.45, 2.75) is 73.1 Å². The highest BCUT2D eigenvalue weighted by Gasteiger charge is 2.32. The quantitative estimate of drug-likeness (QED) is 0.396. The lowest BCUT2D eigenvalue weighted by Gasteiger charge is -2.35. The first-order valence-corrected chi connectivity index (χ1v) is 12.2. The molecule has 0 spiro atoms. The Morgan fingerprint density at radius 1 is 0.971 bits per heavy atom. The molecule has 2 aromatic carbocycles. The van der Waals surface area contributed by atoms with Gasteiger partial charge in [0.25, 0.3) is 5.56 Å². The number of pyridine rings is 1. The minimum atomic E-state index is -0.264. The largest absolute Gasteiger partial charge is 0.322 e. The van der Waals surface area contributed by atoms with Crippen LogP contribution >= 0.6 is 0 Å². The fourth-order valence-electron chi connectivity index (χ4n) is 4.62. The Hall–Kier alpha value is -3.32. The molecule has 0 fully saturated rings. The standard InChI is InChI=1S/C28H36N6O/c1-18(2)25(26-30-31-32-34(26)28(5,6)7)33(16-21-11-8-19(3)9-12-21)17-23-15-22-13-10-20(4)14-24(22)29-27(23)35/h8-15,18,25H,16-17H2,1-7H3,(H,29,35)/t25-/m1/s1. The number of benzene rings is 2. The third kappa shape index (κ3) is 5.51. The van der Waals surface area contributed by atoms with E-state index in [2.05, 4.69) is 103 Å². The zero-order valence-corrected chi connectivity index (χ0v) is 21.8. The predicted octanol–water partition coefficient (Wildman–Crippen LogP) is 5.29. The minimum absolute atomic E-state index is 0.0603.